The first-order valence-electron chi connectivity index (χ1n) is 11.8. The van der Waals surface area contributed by atoms with Gasteiger partial charge in [0.2, 0.25) is 5.91 Å². The number of fused-ring (bicyclic) bond motifs is 1. The average molecular weight is 549 g/mol. The molecule has 0 spiro atoms. The van der Waals surface area contributed by atoms with Gasteiger partial charge in [0.25, 0.3) is 5.91 Å². The molecule has 4 rings (SSSR count). The largest absolute Gasteiger partial charge is 0.382 e. The number of amides is 2. The Kier molecular flexibility index (Phi) is 9.01. The van der Waals surface area contributed by atoms with Gasteiger partial charge in [-0.3, -0.25) is 9.59 Å². The minimum Gasteiger partial charge on any atom is -0.382 e. The van der Waals surface area contributed by atoms with Gasteiger partial charge in [0.1, 0.15) is 12.4 Å². The highest BCUT2D eigenvalue weighted by Gasteiger charge is 2.35. The maximum absolute atomic E-state index is 14.4. The summed E-state index contributed by atoms with van der Waals surface area (Å²) in [6.07, 6.45) is 1.24. The Morgan fingerprint density at radius 2 is 1.97 bits per heavy atom. The Morgan fingerprint density at radius 3 is 2.72 bits per heavy atom. The van der Waals surface area contributed by atoms with Gasteiger partial charge in [0.15, 0.2) is 0 Å². The third-order valence-corrected chi connectivity index (χ3v) is 7.74. The summed E-state index contributed by atoms with van der Waals surface area (Å²) in [6.45, 7) is 3.46. The number of benzene rings is 2. The third-order valence-electron chi connectivity index (χ3n) is 6.18. The molecular weight excluding hydrogens is 522 g/mol. The molecule has 0 radical (unpaired) electrons. The number of carbonyl (C=O) groups excluding carboxylic acids is 2. The van der Waals surface area contributed by atoms with Gasteiger partial charge in [-0.05, 0) is 66.6 Å². The molecule has 0 bridgehead atoms. The van der Waals surface area contributed by atoms with Crippen molar-refractivity contribution in [1.29, 1.82) is 0 Å². The average Bonchev–Trinajstić information content (AvgIpc) is 3.34. The van der Waals surface area contributed by atoms with E-state index in [2.05, 4.69) is 0 Å². The van der Waals surface area contributed by atoms with Crippen LogP contribution in [0.4, 0.5) is 4.39 Å². The van der Waals surface area contributed by atoms with Crippen molar-refractivity contribution < 1.29 is 18.7 Å². The van der Waals surface area contributed by atoms with Crippen molar-refractivity contribution in [2.24, 2.45) is 0 Å². The lowest BCUT2D eigenvalue weighted by molar-refractivity contribution is -0.134. The van der Waals surface area contributed by atoms with Crippen molar-refractivity contribution in [3.8, 4) is 0 Å². The molecule has 0 fully saturated rings. The number of ether oxygens (including phenoxy) is 1. The maximum atomic E-state index is 14.4. The number of rotatable bonds is 9. The van der Waals surface area contributed by atoms with Crippen LogP contribution in [0.5, 0.6) is 0 Å². The number of thiophene rings is 1. The maximum Gasteiger partial charge on any atom is 0.257 e. The molecule has 2 aromatic carbocycles. The smallest absolute Gasteiger partial charge is 0.257 e. The van der Waals surface area contributed by atoms with Crippen LogP contribution in [-0.4, -0.2) is 54.5 Å². The van der Waals surface area contributed by atoms with E-state index in [1.54, 1.807) is 34.4 Å². The molecule has 2 amide bonds. The topological polar surface area (TPSA) is 49.9 Å². The molecule has 3 aromatic rings. The minimum atomic E-state index is -0.614. The van der Waals surface area contributed by atoms with E-state index in [4.69, 9.17) is 27.9 Å². The van der Waals surface area contributed by atoms with Crippen LogP contribution >= 0.6 is 34.5 Å². The molecule has 1 unspecified atom stereocenters. The molecule has 0 N–H and O–H groups in total. The van der Waals surface area contributed by atoms with E-state index in [0.717, 1.165) is 11.1 Å². The fourth-order valence-electron chi connectivity index (χ4n) is 4.46. The summed E-state index contributed by atoms with van der Waals surface area (Å²) >= 11 is 14.4. The highest BCUT2D eigenvalue weighted by Crippen LogP contribution is 2.41. The second-order valence-electron chi connectivity index (χ2n) is 8.46. The van der Waals surface area contributed by atoms with Crippen molar-refractivity contribution in [1.82, 2.24) is 9.80 Å². The molecule has 36 heavy (non-hydrogen) atoms. The summed E-state index contributed by atoms with van der Waals surface area (Å²) in [5.74, 6) is -1.37. The summed E-state index contributed by atoms with van der Waals surface area (Å²) in [5.41, 5.74) is 1.74. The second kappa shape index (κ2) is 12.2. The molecule has 1 aliphatic rings. The van der Waals surface area contributed by atoms with Crippen LogP contribution in [0, 0.1) is 5.82 Å². The van der Waals surface area contributed by atoms with E-state index in [1.165, 1.54) is 28.0 Å². The molecule has 1 aliphatic heterocycles. The standard InChI is InChI=1S/C27H27Cl2FN2O3S/c1-2-35-14-5-12-31(27(34)20-6-3-4-7-23(20)30)17-25(33)32-13-10-24-21(11-15-36-24)26(32)19-9-8-18(28)16-22(19)29/h3-4,6-9,11,15-16,26H,2,5,10,12-14,17H2,1H3. The van der Waals surface area contributed by atoms with E-state index < -0.39 is 17.8 Å². The van der Waals surface area contributed by atoms with Gasteiger partial charge in [-0.15, -0.1) is 11.3 Å². The van der Waals surface area contributed by atoms with Crippen LogP contribution in [0.1, 0.15) is 45.7 Å². The Morgan fingerprint density at radius 1 is 1.17 bits per heavy atom. The van der Waals surface area contributed by atoms with E-state index in [9.17, 15) is 14.0 Å². The normalized spacial score (nSPS) is 15.0. The summed E-state index contributed by atoms with van der Waals surface area (Å²) in [7, 11) is 0. The first kappa shape index (κ1) is 26.6. The fourth-order valence-corrected chi connectivity index (χ4v) is 5.87. The fraction of sp³-hybridized carbons (Fsp3) is 0.333. The quantitative estimate of drug-likeness (QED) is 0.297. The number of hydrogen-bond donors (Lipinski definition) is 0. The van der Waals surface area contributed by atoms with Crippen molar-refractivity contribution in [2.75, 3.05) is 32.8 Å². The summed E-state index contributed by atoms with van der Waals surface area (Å²) in [4.78, 5) is 31.4. The Labute approximate surface area is 224 Å². The number of carbonyl (C=O) groups is 2. The monoisotopic (exact) mass is 548 g/mol. The first-order chi connectivity index (χ1) is 17.4. The zero-order valence-electron chi connectivity index (χ0n) is 19.9. The zero-order chi connectivity index (χ0) is 25.7. The van der Waals surface area contributed by atoms with Crippen LogP contribution in [-0.2, 0) is 16.0 Å². The lowest BCUT2D eigenvalue weighted by Crippen LogP contribution is -2.47. The summed E-state index contributed by atoms with van der Waals surface area (Å²) in [6, 6.07) is 12.7. The Bertz CT molecular complexity index is 1240. The van der Waals surface area contributed by atoms with Crippen LogP contribution in [0.25, 0.3) is 0 Å². The van der Waals surface area contributed by atoms with Crippen LogP contribution < -0.4 is 0 Å². The van der Waals surface area contributed by atoms with Gasteiger partial charge in [-0.2, -0.15) is 0 Å². The molecule has 1 aromatic heterocycles. The van der Waals surface area contributed by atoms with Crippen molar-refractivity contribution >= 4 is 46.4 Å². The van der Waals surface area contributed by atoms with Gasteiger partial charge >= 0.3 is 0 Å². The van der Waals surface area contributed by atoms with Crippen LogP contribution in [0.2, 0.25) is 10.0 Å². The summed E-state index contributed by atoms with van der Waals surface area (Å²) in [5, 5.41) is 3.00. The molecule has 1 atom stereocenters. The zero-order valence-corrected chi connectivity index (χ0v) is 22.2. The molecule has 0 saturated heterocycles. The van der Waals surface area contributed by atoms with Gasteiger partial charge < -0.3 is 14.5 Å². The minimum absolute atomic E-state index is 0.0576. The molecule has 5 nitrogen and oxygen atoms in total. The SMILES string of the molecule is CCOCCCN(CC(=O)N1CCc2sccc2C1c1ccc(Cl)cc1Cl)C(=O)c1ccccc1F. The summed E-state index contributed by atoms with van der Waals surface area (Å²) < 4.78 is 19.8. The van der Waals surface area contributed by atoms with Gasteiger partial charge in [-0.1, -0.05) is 41.4 Å². The highest BCUT2D eigenvalue weighted by atomic mass is 35.5. The van der Waals surface area contributed by atoms with E-state index in [-0.39, 0.29) is 24.6 Å². The number of halogens is 3. The Balaban J connectivity index is 1.62. The lowest BCUT2D eigenvalue weighted by atomic mass is 9.93. The van der Waals surface area contributed by atoms with Gasteiger partial charge in [-0.25, -0.2) is 4.39 Å². The molecule has 0 aliphatic carbocycles. The molecule has 0 saturated carbocycles. The first-order valence-corrected chi connectivity index (χ1v) is 13.5. The van der Waals surface area contributed by atoms with Crippen molar-refractivity contribution in [2.45, 2.75) is 25.8 Å². The van der Waals surface area contributed by atoms with E-state index >= 15 is 0 Å². The molecule has 2 heterocycles. The predicted octanol–water partition coefficient (Wildman–Crippen LogP) is 6.24. The molecule has 9 heteroatoms. The van der Waals surface area contributed by atoms with Crippen LogP contribution in [0.3, 0.4) is 0 Å². The van der Waals surface area contributed by atoms with Crippen molar-refractivity contribution in [3.63, 3.8) is 0 Å². The molecule has 190 valence electrons. The van der Waals surface area contributed by atoms with E-state index in [0.29, 0.717) is 42.6 Å². The van der Waals surface area contributed by atoms with Crippen LogP contribution in [0.15, 0.2) is 53.9 Å². The van der Waals surface area contributed by atoms with Crippen molar-refractivity contribution in [3.05, 3.63) is 91.3 Å². The number of hydrogen-bond acceptors (Lipinski definition) is 4. The molecular formula is C27H27Cl2FN2O3S. The lowest BCUT2D eigenvalue weighted by Gasteiger charge is -2.38. The number of nitrogens with zero attached hydrogens (tertiary/aromatic N) is 2. The third kappa shape index (κ3) is 5.92. The second-order valence-corrected chi connectivity index (χ2v) is 10.3. The van der Waals surface area contributed by atoms with Gasteiger partial charge in [0, 0.05) is 41.2 Å². The van der Waals surface area contributed by atoms with Gasteiger partial charge in [0.05, 0.1) is 11.6 Å². The predicted molar refractivity (Wildman–Crippen MR) is 141 cm³/mol. The highest BCUT2D eigenvalue weighted by molar-refractivity contribution is 7.10. The van der Waals surface area contributed by atoms with E-state index in [1.807, 2.05) is 24.4 Å². The Hall–Kier alpha value is -2.45.